The number of para-hydroxylation sites is 1. The van der Waals surface area contributed by atoms with E-state index in [2.05, 4.69) is 5.32 Å². The van der Waals surface area contributed by atoms with Gasteiger partial charge in [-0.25, -0.2) is 4.79 Å². The maximum atomic E-state index is 12.4. The van der Waals surface area contributed by atoms with E-state index in [1.165, 1.54) is 33.5 Å². The molecular weight excluding hydrogens is 397 g/mol. The van der Waals surface area contributed by atoms with Crippen molar-refractivity contribution in [1.82, 2.24) is 0 Å². The van der Waals surface area contributed by atoms with E-state index in [1.807, 2.05) is 0 Å². The number of esters is 1. The van der Waals surface area contributed by atoms with Crippen LogP contribution in [-0.4, -0.2) is 39.8 Å². The Hall–Kier alpha value is -2.64. The lowest BCUT2D eigenvalue weighted by Crippen LogP contribution is -2.21. The van der Waals surface area contributed by atoms with Crippen LogP contribution in [-0.2, 0) is 9.53 Å². The average Bonchev–Trinajstić information content (AvgIpc) is 2.67. The topological polar surface area (TPSA) is 83.1 Å². The van der Waals surface area contributed by atoms with Crippen molar-refractivity contribution in [2.45, 2.75) is 0 Å². The summed E-state index contributed by atoms with van der Waals surface area (Å²) in [5, 5.41) is 3.03. The number of hydrogen-bond donors (Lipinski definition) is 1. The van der Waals surface area contributed by atoms with E-state index in [1.54, 1.807) is 18.2 Å². The molecule has 7 nitrogen and oxygen atoms in total. The second kappa shape index (κ2) is 9.34. The first-order chi connectivity index (χ1) is 12.9. The Bertz CT molecular complexity index is 836. The van der Waals surface area contributed by atoms with Gasteiger partial charge in [0.25, 0.3) is 5.91 Å². The summed E-state index contributed by atoms with van der Waals surface area (Å²) in [6, 6.07) is 7.68. The van der Waals surface area contributed by atoms with Crippen molar-refractivity contribution in [3.05, 3.63) is 45.9 Å². The standard InChI is InChI=1S/C18H17Cl2NO6/c1-24-13-8-15(26-3)14(25-2)7-10(13)18(23)27-9-16(22)21-17-11(19)5-4-6-12(17)20/h4-8H,9H2,1-3H3,(H,21,22). The fourth-order valence-electron chi connectivity index (χ4n) is 2.19. The van der Waals surface area contributed by atoms with Crippen molar-refractivity contribution in [2.75, 3.05) is 33.3 Å². The number of carbonyl (C=O) groups is 2. The van der Waals surface area contributed by atoms with Crippen LogP contribution >= 0.6 is 23.2 Å². The van der Waals surface area contributed by atoms with Gasteiger partial charge in [0.15, 0.2) is 18.1 Å². The molecule has 0 aliphatic rings. The van der Waals surface area contributed by atoms with Gasteiger partial charge < -0.3 is 24.3 Å². The Labute approximate surface area is 166 Å². The number of carbonyl (C=O) groups excluding carboxylic acids is 2. The molecule has 0 aliphatic heterocycles. The fourth-order valence-corrected chi connectivity index (χ4v) is 2.68. The molecular formula is C18H17Cl2NO6. The van der Waals surface area contributed by atoms with E-state index in [0.29, 0.717) is 11.5 Å². The molecule has 1 N–H and O–H groups in total. The Morgan fingerprint density at radius 2 is 1.48 bits per heavy atom. The lowest BCUT2D eigenvalue weighted by Gasteiger charge is -2.14. The Morgan fingerprint density at radius 3 is 2.04 bits per heavy atom. The number of amides is 1. The molecule has 1 amide bonds. The predicted octanol–water partition coefficient (Wildman–Crippen LogP) is 3.81. The van der Waals surface area contributed by atoms with E-state index in [-0.39, 0.29) is 27.0 Å². The first-order valence-electron chi connectivity index (χ1n) is 7.62. The molecule has 0 bridgehead atoms. The van der Waals surface area contributed by atoms with Crippen molar-refractivity contribution < 1.29 is 28.5 Å². The van der Waals surface area contributed by atoms with Gasteiger partial charge in [0.05, 0.1) is 37.1 Å². The van der Waals surface area contributed by atoms with Gasteiger partial charge >= 0.3 is 5.97 Å². The van der Waals surface area contributed by atoms with Gasteiger partial charge in [0.1, 0.15) is 11.3 Å². The summed E-state index contributed by atoms with van der Waals surface area (Å²) in [4.78, 5) is 24.4. The molecule has 0 aromatic heterocycles. The van der Waals surface area contributed by atoms with Crippen molar-refractivity contribution in [3.8, 4) is 17.2 Å². The molecule has 2 aromatic rings. The Balaban J connectivity index is 2.10. The number of anilines is 1. The summed E-state index contributed by atoms with van der Waals surface area (Å²) in [7, 11) is 4.28. The van der Waals surface area contributed by atoms with Crippen LogP contribution in [0.25, 0.3) is 0 Å². The molecule has 0 saturated heterocycles. The highest BCUT2D eigenvalue weighted by Gasteiger charge is 2.20. The number of nitrogens with one attached hydrogen (secondary N) is 1. The quantitative estimate of drug-likeness (QED) is 0.694. The van der Waals surface area contributed by atoms with Crippen LogP contribution in [0, 0.1) is 0 Å². The maximum Gasteiger partial charge on any atom is 0.342 e. The van der Waals surface area contributed by atoms with Crippen LogP contribution in [0.4, 0.5) is 5.69 Å². The third kappa shape index (κ3) is 4.96. The first-order valence-corrected chi connectivity index (χ1v) is 8.37. The normalized spacial score (nSPS) is 10.1. The van der Waals surface area contributed by atoms with Gasteiger partial charge in [-0.2, -0.15) is 0 Å². The van der Waals surface area contributed by atoms with Crippen LogP contribution in [0.5, 0.6) is 17.2 Å². The minimum absolute atomic E-state index is 0.0822. The molecule has 2 rings (SSSR count). The molecule has 0 aliphatic carbocycles. The Morgan fingerprint density at radius 1 is 0.926 bits per heavy atom. The molecule has 0 unspecified atom stereocenters. The summed E-state index contributed by atoms with van der Waals surface area (Å²) in [5.41, 5.74) is 0.323. The third-order valence-electron chi connectivity index (χ3n) is 3.49. The summed E-state index contributed by atoms with van der Waals surface area (Å²) >= 11 is 12.0. The molecule has 0 fully saturated rings. The molecule has 9 heteroatoms. The number of halogens is 2. The maximum absolute atomic E-state index is 12.4. The van der Waals surface area contributed by atoms with E-state index >= 15 is 0 Å². The molecule has 2 aromatic carbocycles. The van der Waals surface area contributed by atoms with Crippen LogP contribution in [0.1, 0.15) is 10.4 Å². The molecule has 144 valence electrons. The van der Waals surface area contributed by atoms with E-state index in [9.17, 15) is 9.59 Å². The summed E-state index contributed by atoms with van der Waals surface area (Å²) in [5.74, 6) is -0.451. The van der Waals surface area contributed by atoms with E-state index in [0.717, 1.165) is 0 Å². The number of ether oxygens (including phenoxy) is 4. The minimum Gasteiger partial charge on any atom is -0.496 e. The number of benzene rings is 2. The zero-order valence-electron chi connectivity index (χ0n) is 14.8. The zero-order valence-corrected chi connectivity index (χ0v) is 16.3. The fraction of sp³-hybridized carbons (Fsp3) is 0.222. The molecule has 0 saturated carbocycles. The smallest absolute Gasteiger partial charge is 0.342 e. The second-order valence-corrected chi connectivity index (χ2v) is 5.94. The highest BCUT2D eigenvalue weighted by atomic mass is 35.5. The predicted molar refractivity (Wildman–Crippen MR) is 101 cm³/mol. The second-order valence-electron chi connectivity index (χ2n) is 5.13. The average molecular weight is 414 g/mol. The van der Waals surface area contributed by atoms with Gasteiger partial charge in [-0.3, -0.25) is 4.79 Å². The summed E-state index contributed by atoms with van der Waals surface area (Å²) in [6.07, 6.45) is 0. The number of hydrogen-bond acceptors (Lipinski definition) is 6. The lowest BCUT2D eigenvalue weighted by molar-refractivity contribution is -0.119. The summed E-state index contributed by atoms with van der Waals surface area (Å²) < 4.78 is 20.5. The van der Waals surface area contributed by atoms with E-state index in [4.69, 9.17) is 42.1 Å². The highest BCUT2D eigenvalue weighted by Crippen LogP contribution is 2.35. The number of methoxy groups -OCH3 is 3. The number of rotatable bonds is 7. The third-order valence-corrected chi connectivity index (χ3v) is 4.12. The van der Waals surface area contributed by atoms with Crippen molar-refractivity contribution in [1.29, 1.82) is 0 Å². The van der Waals surface area contributed by atoms with Gasteiger partial charge in [-0.15, -0.1) is 0 Å². The van der Waals surface area contributed by atoms with Gasteiger partial charge in [0.2, 0.25) is 0 Å². The minimum atomic E-state index is -0.770. The SMILES string of the molecule is COc1cc(OC)c(C(=O)OCC(=O)Nc2c(Cl)cccc2Cl)cc1OC. The van der Waals surface area contributed by atoms with Gasteiger partial charge in [-0.1, -0.05) is 29.3 Å². The van der Waals surface area contributed by atoms with Crippen LogP contribution < -0.4 is 19.5 Å². The highest BCUT2D eigenvalue weighted by molar-refractivity contribution is 6.39. The first kappa shape index (κ1) is 20.7. The van der Waals surface area contributed by atoms with Crippen LogP contribution in [0.2, 0.25) is 10.0 Å². The summed E-state index contributed by atoms with van der Waals surface area (Å²) in [6.45, 7) is -0.544. The largest absolute Gasteiger partial charge is 0.496 e. The van der Waals surface area contributed by atoms with Gasteiger partial charge in [-0.05, 0) is 12.1 Å². The molecule has 0 spiro atoms. The van der Waals surface area contributed by atoms with Gasteiger partial charge in [0, 0.05) is 12.1 Å². The van der Waals surface area contributed by atoms with Crippen molar-refractivity contribution >= 4 is 40.8 Å². The van der Waals surface area contributed by atoms with Crippen molar-refractivity contribution in [2.24, 2.45) is 0 Å². The molecule has 0 heterocycles. The van der Waals surface area contributed by atoms with Crippen LogP contribution in [0.15, 0.2) is 30.3 Å². The zero-order chi connectivity index (χ0) is 20.0. The Kier molecular flexibility index (Phi) is 7.15. The molecule has 0 atom stereocenters. The lowest BCUT2D eigenvalue weighted by atomic mass is 10.1. The van der Waals surface area contributed by atoms with E-state index < -0.39 is 18.5 Å². The van der Waals surface area contributed by atoms with Crippen LogP contribution in [0.3, 0.4) is 0 Å². The monoisotopic (exact) mass is 413 g/mol. The molecule has 27 heavy (non-hydrogen) atoms. The molecule has 0 radical (unpaired) electrons. The van der Waals surface area contributed by atoms with Crippen molar-refractivity contribution in [3.63, 3.8) is 0 Å².